The molecule has 1 aromatic rings. The third-order valence-corrected chi connectivity index (χ3v) is 3.86. The second-order valence-electron chi connectivity index (χ2n) is 4.30. The molecule has 1 rings (SSSR count). The molecule has 0 radical (unpaired) electrons. The summed E-state index contributed by atoms with van der Waals surface area (Å²) in [6.07, 6.45) is 0.929. The van der Waals surface area contributed by atoms with Crippen molar-refractivity contribution in [3.05, 3.63) is 26.8 Å². The van der Waals surface area contributed by atoms with Crippen LogP contribution in [0.2, 0.25) is 5.02 Å². The maximum atomic E-state index is 9.30. The lowest BCUT2D eigenvalue weighted by Gasteiger charge is -2.26. The van der Waals surface area contributed by atoms with Gasteiger partial charge in [-0.1, -0.05) is 25.4 Å². The van der Waals surface area contributed by atoms with Crippen LogP contribution in [0.15, 0.2) is 18.2 Å². The third kappa shape index (κ3) is 3.79. The summed E-state index contributed by atoms with van der Waals surface area (Å²) in [7, 11) is 0. The van der Waals surface area contributed by atoms with Crippen LogP contribution in [-0.4, -0.2) is 18.3 Å². The minimum Gasteiger partial charge on any atom is -0.396 e. The van der Waals surface area contributed by atoms with Crippen LogP contribution in [0.5, 0.6) is 0 Å². The Bertz CT molecular complexity index is 353. The first-order valence-corrected chi connectivity index (χ1v) is 6.76. The fraction of sp³-hybridized carbons (Fsp3) is 0.500. The van der Waals surface area contributed by atoms with E-state index in [4.69, 9.17) is 11.6 Å². The molecule has 90 valence electrons. The normalized spacial score (nSPS) is 14.6. The summed E-state index contributed by atoms with van der Waals surface area (Å²) in [5.74, 6) is 0. The molecule has 0 spiro atoms. The Morgan fingerprint density at radius 3 is 2.69 bits per heavy atom. The lowest BCUT2D eigenvalue weighted by Crippen LogP contribution is -2.29. The zero-order valence-electron chi connectivity index (χ0n) is 9.56. The minimum atomic E-state index is -0.0909. The van der Waals surface area contributed by atoms with E-state index in [1.54, 1.807) is 0 Å². The molecule has 2 nitrogen and oxygen atoms in total. The van der Waals surface area contributed by atoms with E-state index in [2.05, 4.69) is 41.8 Å². The molecule has 0 aliphatic heterocycles. The Hall–Kier alpha value is -0.0000000000000000555. The molecule has 1 aromatic carbocycles. The summed E-state index contributed by atoms with van der Waals surface area (Å²) < 4.78 is 1.12. The van der Waals surface area contributed by atoms with Gasteiger partial charge < -0.3 is 10.4 Å². The van der Waals surface area contributed by atoms with Gasteiger partial charge in [-0.05, 0) is 47.2 Å². The SMILES string of the molecule is CCC(C)(CO)CNc1ccc(I)cc1Cl. The highest BCUT2D eigenvalue weighted by atomic mass is 127. The van der Waals surface area contributed by atoms with Crippen molar-refractivity contribution in [2.75, 3.05) is 18.5 Å². The molecule has 1 atom stereocenters. The number of nitrogens with one attached hydrogen (secondary N) is 1. The van der Waals surface area contributed by atoms with Gasteiger partial charge in [0, 0.05) is 15.5 Å². The molecule has 16 heavy (non-hydrogen) atoms. The van der Waals surface area contributed by atoms with Crippen LogP contribution in [0.1, 0.15) is 20.3 Å². The number of rotatable bonds is 5. The maximum absolute atomic E-state index is 9.30. The van der Waals surface area contributed by atoms with Crippen molar-refractivity contribution in [3.8, 4) is 0 Å². The summed E-state index contributed by atoms with van der Waals surface area (Å²) in [6, 6.07) is 5.90. The van der Waals surface area contributed by atoms with E-state index in [1.165, 1.54) is 0 Å². The van der Waals surface area contributed by atoms with Crippen molar-refractivity contribution in [2.45, 2.75) is 20.3 Å². The van der Waals surface area contributed by atoms with Crippen LogP contribution in [0.3, 0.4) is 0 Å². The molecule has 0 aromatic heterocycles. The first-order chi connectivity index (χ1) is 7.50. The predicted molar refractivity (Wildman–Crippen MR) is 78.1 cm³/mol. The number of hydrogen-bond donors (Lipinski definition) is 2. The van der Waals surface area contributed by atoms with Gasteiger partial charge in [0.05, 0.1) is 17.3 Å². The predicted octanol–water partition coefficient (Wildman–Crippen LogP) is 3.77. The van der Waals surface area contributed by atoms with Crippen molar-refractivity contribution in [1.82, 2.24) is 0 Å². The molecule has 0 saturated heterocycles. The number of benzene rings is 1. The molecule has 1 unspecified atom stereocenters. The summed E-state index contributed by atoms with van der Waals surface area (Å²) in [6.45, 7) is 5.03. The van der Waals surface area contributed by atoms with Crippen molar-refractivity contribution in [3.63, 3.8) is 0 Å². The first kappa shape index (κ1) is 14.1. The highest BCUT2D eigenvalue weighted by Crippen LogP contribution is 2.26. The quantitative estimate of drug-likeness (QED) is 0.790. The molecule has 0 bridgehead atoms. The zero-order chi connectivity index (χ0) is 12.2. The number of aliphatic hydroxyl groups excluding tert-OH is 1. The van der Waals surface area contributed by atoms with Gasteiger partial charge in [-0.2, -0.15) is 0 Å². The third-order valence-electron chi connectivity index (χ3n) is 2.87. The van der Waals surface area contributed by atoms with E-state index in [-0.39, 0.29) is 12.0 Å². The number of hydrogen-bond acceptors (Lipinski definition) is 2. The monoisotopic (exact) mass is 353 g/mol. The average molecular weight is 354 g/mol. The molecule has 4 heteroatoms. The van der Waals surface area contributed by atoms with Crippen molar-refractivity contribution in [1.29, 1.82) is 0 Å². The van der Waals surface area contributed by atoms with Crippen LogP contribution in [0, 0.1) is 8.99 Å². The van der Waals surface area contributed by atoms with Gasteiger partial charge in [-0.15, -0.1) is 0 Å². The molecule has 0 heterocycles. The molecule has 0 saturated carbocycles. The second kappa shape index (κ2) is 6.07. The van der Waals surface area contributed by atoms with Gasteiger partial charge in [-0.25, -0.2) is 0 Å². The largest absolute Gasteiger partial charge is 0.396 e. The van der Waals surface area contributed by atoms with Gasteiger partial charge in [0.2, 0.25) is 0 Å². The minimum absolute atomic E-state index is 0.0909. The van der Waals surface area contributed by atoms with Crippen LogP contribution < -0.4 is 5.32 Å². The van der Waals surface area contributed by atoms with Gasteiger partial charge in [0.25, 0.3) is 0 Å². The number of anilines is 1. The van der Waals surface area contributed by atoms with Gasteiger partial charge in [0.1, 0.15) is 0 Å². The Balaban J connectivity index is 2.67. The lowest BCUT2D eigenvalue weighted by atomic mass is 9.88. The van der Waals surface area contributed by atoms with Gasteiger partial charge in [-0.3, -0.25) is 0 Å². The standard InChI is InChI=1S/C12H17ClINO/c1-3-12(2,8-16)7-15-11-5-4-9(14)6-10(11)13/h4-6,15-16H,3,7-8H2,1-2H3. The highest BCUT2D eigenvalue weighted by Gasteiger charge is 2.20. The first-order valence-electron chi connectivity index (χ1n) is 5.30. The molecule has 0 amide bonds. The van der Waals surface area contributed by atoms with Crippen LogP contribution in [0.25, 0.3) is 0 Å². The van der Waals surface area contributed by atoms with Crippen molar-refractivity contribution in [2.24, 2.45) is 5.41 Å². The number of aliphatic hydroxyl groups is 1. The summed E-state index contributed by atoms with van der Waals surface area (Å²) in [5, 5.41) is 13.3. The van der Waals surface area contributed by atoms with Gasteiger partial charge in [0.15, 0.2) is 0 Å². The van der Waals surface area contributed by atoms with Crippen molar-refractivity contribution < 1.29 is 5.11 Å². The molecule has 0 aliphatic rings. The maximum Gasteiger partial charge on any atom is 0.0648 e. The Labute approximate surface area is 116 Å². The van der Waals surface area contributed by atoms with E-state index in [0.717, 1.165) is 27.2 Å². The number of halogens is 2. The van der Waals surface area contributed by atoms with Crippen LogP contribution >= 0.6 is 34.2 Å². The van der Waals surface area contributed by atoms with Gasteiger partial charge >= 0.3 is 0 Å². The molecular formula is C12H17ClINO. The van der Waals surface area contributed by atoms with E-state index >= 15 is 0 Å². The molecule has 0 aliphatic carbocycles. The average Bonchev–Trinajstić information content (AvgIpc) is 2.27. The fourth-order valence-corrected chi connectivity index (χ4v) is 2.16. The van der Waals surface area contributed by atoms with Crippen LogP contribution in [0.4, 0.5) is 5.69 Å². The molecule has 2 N–H and O–H groups in total. The zero-order valence-corrected chi connectivity index (χ0v) is 12.5. The Morgan fingerprint density at radius 2 is 2.19 bits per heavy atom. The van der Waals surface area contributed by atoms with Crippen molar-refractivity contribution >= 4 is 39.9 Å². The summed E-state index contributed by atoms with van der Waals surface area (Å²) in [5.41, 5.74) is 0.835. The molecular weight excluding hydrogens is 336 g/mol. The summed E-state index contributed by atoms with van der Waals surface area (Å²) >= 11 is 8.34. The fourth-order valence-electron chi connectivity index (χ4n) is 1.23. The highest BCUT2D eigenvalue weighted by molar-refractivity contribution is 14.1. The Kier molecular flexibility index (Phi) is 5.34. The van der Waals surface area contributed by atoms with E-state index < -0.39 is 0 Å². The van der Waals surface area contributed by atoms with E-state index in [9.17, 15) is 5.11 Å². The smallest absolute Gasteiger partial charge is 0.0648 e. The lowest BCUT2D eigenvalue weighted by molar-refractivity contribution is 0.149. The Morgan fingerprint density at radius 1 is 1.50 bits per heavy atom. The van der Waals surface area contributed by atoms with E-state index in [0.29, 0.717) is 0 Å². The summed E-state index contributed by atoms with van der Waals surface area (Å²) in [4.78, 5) is 0. The topological polar surface area (TPSA) is 32.3 Å². The van der Waals surface area contributed by atoms with Crippen LogP contribution in [-0.2, 0) is 0 Å². The van der Waals surface area contributed by atoms with E-state index in [1.807, 2.05) is 18.2 Å². The molecule has 0 fully saturated rings. The second-order valence-corrected chi connectivity index (χ2v) is 5.95.